The van der Waals surface area contributed by atoms with Gasteiger partial charge in [0, 0.05) is 17.8 Å². The van der Waals surface area contributed by atoms with Gasteiger partial charge in [0.2, 0.25) is 11.9 Å². The Labute approximate surface area is 150 Å². The average Bonchev–Trinajstić information content (AvgIpc) is 2.67. The highest BCUT2D eigenvalue weighted by molar-refractivity contribution is 5.93. The molecule has 0 atom stereocenters. The normalized spacial score (nSPS) is 10.2. The van der Waals surface area contributed by atoms with E-state index in [0.29, 0.717) is 35.2 Å². The minimum absolute atomic E-state index is 0.307. The molecule has 6 N–H and O–H groups in total. The Hall–Kier alpha value is -3.65. The monoisotopic (exact) mass is 350 g/mol. The molecule has 8 heteroatoms. The van der Waals surface area contributed by atoms with Crippen molar-refractivity contribution in [3.63, 3.8) is 0 Å². The first-order chi connectivity index (χ1) is 12.7. The van der Waals surface area contributed by atoms with Crippen molar-refractivity contribution in [2.45, 2.75) is 6.54 Å². The molecule has 0 aliphatic heterocycles. The third kappa shape index (κ3) is 4.25. The van der Waals surface area contributed by atoms with Crippen molar-refractivity contribution < 1.29 is 10.0 Å². The summed E-state index contributed by atoms with van der Waals surface area (Å²) in [6, 6.07) is 16.5. The van der Waals surface area contributed by atoms with Crippen molar-refractivity contribution in [2.24, 2.45) is 5.73 Å². The summed E-state index contributed by atoms with van der Waals surface area (Å²) in [6.45, 7) is 0.531. The summed E-state index contributed by atoms with van der Waals surface area (Å²) in [5, 5.41) is 15.4. The predicted octanol–water partition coefficient (Wildman–Crippen LogP) is 2.73. The van der Waals surface area contributed by atoms with Gasteiger partial charge in [-0.3, -0.25) is 15.5 Å². The molecule has 0 bridgehead atoms. The Morgan fingerprint density at radius 3 is 2.65 bits per heavy atom. The number of aromatic nitrogens is 2. The molecule has 0 radical (unpaired) electrons. The van der Waals surface area contributed by atoms with Crippen LogP contribution in [0.25, 0.3) is 0 Å². The van der Waals surface area contributed by atoms with E-state index in [4.69, 9.17) is 5.73 Å². The summed E-state index contributed by atoms with van der Waals surface area (Å²) >= 11 is 0. The molecule has 132 valence electrons. The van der Waals surface area contributed by atoms with E-state index in [1.807, 2.05) is 30.3 Å². The lowest BCUT2D eigenvalue weighted by Crippen LogP contribution is -2.11. The standard InChI is InChI=1S/C18H18N6O2/c19-16(25)13-7-4-8-14(9-13)22-18-21-11-15(24-26)17(23-18)20-10-12-5-2-1-3-6-12/h1-9,11,24,26H,10H2,(H2,19,25)(H2,20,21,22,23). The van der Waals surface area contributed by atoms with Gasteiger partial charge in [-0.1, -0.05) is 36.4 Å². The van der Waals surface area contributed by atoms with Crippen molar-refractivity contribution in [1.29, 1.82) is 0 Å². The largest absolute Gasteiger partial charge is 0.366 e. The third-order valence-electron chi connectivity index (χ3n) is 3.62. The smallest absolute Gasteiger partial charge is 0.248 e. The highest BCUT2D eigenvalue weighted by Gasteiger charge is 2.08. The van der Waals surface area contributed by atoms with E-state index >= 15 is 0 Å². The molecule has 0 aliphatic rings. The number of carbonyl (C=O) groups is 1. The molecule has 3 aromatic rings. The van der Waals surface area contributed by atoms with Crippen molar-refractivity contribution >= 4 is 29.0 Å². The fourth-order valence-electron chi connectivity index (χ4n) is 2.32. The molecule has 1 amide bonds. The molecule has 0 aliphatic carbocycles. The highest BCUT2D eigenvalue weighted by Crippen LogP contribution is 2.22. The molecule has 0 spiro atoms. The number of hydrogen-bond donors (Lipinski definition) is 5. The van der Waals surface area contributed by atoms with Crippen LogP contribution in [0.15, 0.2) is 60.8 Å². The lowest BCUT2D eigenvalue weighted by atomic mass is 10.2. The number of amides is 1. The number of carbonyl (C=O) groups excluding carboxylic acids is 1. The maximum Gasteiger partial charge on any atom is 0.248 e. The van der Waals surface area contributed by atoms with Crippen LogP contribution in [0.3, 0.4) is 0 Å². The molecule has 26 heavy (non-hydrogen) atoms. The van der Waals surface area contributed by atoms with E-state index in [-0.39, 0.29) is 0 Å². The van der Waals surface area contributed by atoms with Gasteiger partial charge in [0.05, 0.1) is 6.20 Å². The summed E-state index contributed by atoms with van der Waals surface area (Å²) in [6.07, 6.45) is 1.45. The van der Waals surface area contributed by atoms with Crippen molar-refractivity contribution in [3.8, 4) is 0 Å². The topological polar surface area (TPSA) is 125 Å². The van der Waals surface area contributed by atoms with Crippen LogP contribution in [-0.4, -0.2) is 21.1 Å². The zero-order chi connectivity index (χ0) is 18.4. The van der Waals surface area contributed by atoms with Crippen LogP contribution in [0.1, 0.15) is 15.9 Å². The SMILES string of the molecule is NC(=O)c1cccc(Nc2ncc(NO)c(NCc3ccccc3)n2)c1. The fraction of sp³-hybridized carbons (Fsp3) is 0.0556. The van der Waals surface area contributed by atoms with Crippen LogP contribution < -0.4 is 21.8 Å². The van der Waals surface area contributed by atoms with Crippen LogP contribution in [-0.2, 0) is 6.54 Å². The minimum Gasteiger partial charge on any atom is -0.366 e. The Bertz CT molecular complexity index is 901. The first kappa shape index (κ1) is 17.2. The number of rotatable bonds is 7. The molecular formula is C18H18N6O2. The summed E-state index contributed by atoms with van der Waals surface area (Å²) in [5.74, 6) is 0.223. The lowest BCUT2D eigenvalue weighted by Gasteiger charge is -2.12. The number of nitrogens with one attached hydrogen (secondary N) is 3. The lowest BCUT2D eigenvalue weighted by molar-refractivity contribution is 0.100. The summed E-state index contributed by atoms with van der Waals surface area (Å²) in [4.78, 5) is 19.8. The number of benzene rings is 2. The van der Waals surface area contributed by atoms with Gasteiger partial charge >= 0.3 is 0 Å². The van der Waals surface area contributed by atoms with Crippen molar-refractivity contribution in [1.82, 2.24) is 9.97 Å². The van der Waals surface area contributed by atoms with Gasteiger partial charge in [-0.2, -0.15) is 4.98 Å². The predicted molar refractivity (Wildman–Crippen MR) is 99.5 cm³/mol. The summed E-state index contributed by atoms with van der Waals surface area (Å²) < 4.78 is 0. The second-order valence-electron chi connectivity index (χ2n) is 5.48. The van der Waals surface area contributed by atoms with Gasteiger partial charge in [0.1, 0.15) is 5.69 Å². The van der Waals surface area contributed by atoms with Gasteiger partial charge in [-0.05, 0) is 23.8 Å². The fourth-order valence-corrected chi connectivity index (χ4v) is 2.32. The van der Waals surface area contributed by atoms with Crippen molar-refractivity contribution in [2.75, 3.05) is 16.1 Å². The third-order valence-corrected chi connectivity index (χ3v) is 3.62. The van der Waals surface area contributed by atoms with Crippen LogP contribution in [0.4, 0.5) is 23.1 Å². The maximum atomic E-state index is 11.3. The Kier molecular flexibility index (Phi) is 5.25. The number of anilines is 4. The Morgan fingerprint density at radius 1 is 1.12 bits per heavy atom. The molecule has 8 nitrogen and oxygen atoms in total. The van der Waals surface area contributed by atoms with Gasteiger partial charge in [-0.25, -0.2) is 4.98 Å². The average molecular weight is 350 g/mol. The second-order valence-corrected chi connectivity index (χ2v) is 5.48. The highest BCUT2D eigenvalue weighted by atomic mass is 16.5. The summed E-state index contributed by atoms with van der Waals surface area (Å²) in [7, 11) is 0. The molecule has 3 rings (SSSR count). The zero-order valence-electron chi connectivity index (χ0n) is 13.8. The molecule has 0 saturated heterocycles. The first-order valence-electron chi connectivity index (χ1n) is 7.87. The molecule has 0 unspecified atom stereocenters. The number of nitrogens with two attached hydrogens (primary N) is 1. The van der Waals surface area contributed by atoms with E-state index in [9.17, 15) is 10.0 Å². The van der Waals surface area contributed by atoms with E-state index in [1.54, 1.807) is 24.3 Å². The van der Waals surface area contributed by atoms with Gasteiger partial charge < -0.3 is 16.4 Å². The first-order valence-corrected chi connectivity index (χ1v) is 7.87. The minimum atomic E-state index is -0.514. The Morgan fingerprint density at radius 2 is 1.92 bits per heavy atom. The summed E-state index contributed by atoms with van der Waals surface area (Å²) in [5.41, 5.74) is 9.78. The van der Waals surface area contributed by atoms with Crippen LogP contribution >= 0.6 is 0 Å². The Balaban J connectivity index is 1.78. The van der Waals surface area contributed by atoms with E-state index < -0.39 is 5.91 Å². The van der Waals surface area contributed by atoms with Crippen LogP contribution in [0.5, 0.6) is 0 Å². The van der Waals surface area contributed by atoms with Gasteiger partial charge in [0.15, 0.2) is 5.82 Å². The molecule has 0 saturated carbocycles. The number of nitrogens with zero attached hydrogens (tertiary/aromatic N) is 2. The molecule has 1 aromatic heterocycles. The quantitative estimate of drug-likeness (QED) is 0.415. The molecule has 1 heterocycles. The van der Waals surface area contributed by atoms with Crippen molar-refractivity contribution in [3.05, 3.63) is 71.9 Å². The second kappa shape index (κ2) is 7.95. The van der Waals surface area contributed by atoms with Crippen LogP contribution in [0.2, 0.25) is 0 Å². The number of primary amides is 1. The van der Waals surface area contributed by atoms with E-state index in [2.05, 4.69) is 26.1 Å². The van der Waals surface area contributed by atoms with Crippen LogP contribution in [0, 0.1) is 0 Å². The van der Waals surface area contributed by atoms with E-state index in [1.165, 1.54) is 6.20 Å². The zero-order valence-corrected chi connectivity index (χ0v) is 13.8. The maximum absolute atomic E-state index is 11.3. The van der Waals surface area contributed by atoms with Gasteiger partial charge in [0.25, 0.3) is 0 Å². The molecular weight excluding hydrogens is 332 g/mol. The molecule has 0 fully saturated rings. The van der Waals surface area contributed by atoms with Gasteiger partial charge in [-0.15, -0.1) is 0 Å². The molecule has 2 aromatic carbocycles. The van der Waals surface area contributed by atoms with E-state index in [0.717, 1.165) is 5.56 Å². The number of hydrogen-bond acceptors (Lipinski definition) is 7.